The molecule has 1 atom stereocenters. The molecular formula is C59H62Cl2Zr-2. The van der Waals surface area contributed by atoms with Crippen LogP contribution in [-0.4, -0.2) is 3.21 Å². The van der Waals surface area contributed by atoms with E-state index in [-0.39, 0.29) is 35.6 Å². The molecular weight excluding hydrogens is 871 g/mol. The molecule has 6 aromatic rings. The summed E-state index contributed by atoms with van der Waals surface area (Å²) >= 11 is 1.46. The number of allylic oxidation sites excluding steroid dienone is 4. The fourth-order valence-electron chi connectivity index (χ4n) is 9.06. The molecule has 0 saturated heterocycles. The molecule has 3 aliphatic rings. The first-order valence-corrected chi connectivity index (χ1v) is 23.3. The molecule has 0 aliphatic heterocycles. The van der Waals surface area contributed by atoms with Gasteiger partial charge in [0.05, 0.1) is 0 Å². The van der Waals surface area contributed by atoms with Crippen LogP contribution in [-0.2, 0) is 41.5 Å². The SMILES string of the molecule is CC(C)(C)c1cc2c([c-]c1-c1ccccc1)Cc1cc(-c3ccccc3)c(C(C)(C)C)cc1-2.CC1[C-]=CC(C2(C)CCCCC2)=C1.[Cl-].[Cl-].[Zr+2]=[C](c1ccccc1)c1ccccc1. The Hall–Kier alpha value is -3.87. The molecule has 1 saturated carbocycles. The standard InChI is InChI=1S/C33H33.C13H19.C13H10.2ClH.Zr/c1-32(2,3)30-20-26-24(18-28(30)22-13-9-7-10-14-22)17-25-19-29(23-15-11-8-12-16-23)31(21-27(25)26)33(4,5)6;1-11-6-7-12(10-11)13(2)8-4-3-5-9-13;1-3-7-12(8-4-1)11-13-9-5-2-6-10-13;;;/h7-16,18,20-21H,17H2,1-6H3;7,10-11H,3-5,8-9H2,1-2H3;1-10H;2*1H;/q2*-1;;;;+2/p-2. The normalized spacial score (nSPS) is 15.8. The van der Waals surface area contributed by atoms with E-state index in [4.69, 9.17) is 0 Å². The molecule has 0 amide bonds. The first kappa shape index (κ1) is 49.2. The van der Waals surface area contributed by atoms with Crippen LogP contribution in [0.25, 0.3) is 33.4 Å². The molecule has 0 nitrogen and oxygen atoms in total. The summed E-state index contributed by atoms with van der Waals surface area (Å²) in [5.74, 6) is 0.550. The zero-order valence-electron chi connectivity index (χ0n) is 38.0. The van der Waals surface area contributed by atoms with Crippen molar-refractivity contribution in [1.29, 1.82) is 0 Å². The monoisotopic (exact) mass is 930 g/mol. The molecule has 3 heteroatoms. The second kappa shape index (κ2) is 21.2. The van der Waals surface area contributed by atoms with Crippen molar-refractivity contribution in [2.75, 3.05) is 0 Å². The third-order valence-electron chi connectivity index (χ3n) is 12.5. The predicted octanol–water partition coefficient (Wildman–Crippen LogP) is 9.69. The van der Waals surface area contributed by atoms with Crippen LogP contribution in [0.4, 0.5) is 0 Å². The molecule has 0 aromatic heterocycles. The van der Waals surface area contributed by atoms with Crippen LogP contribution < -0.4 is 24.8 Å². The fraction of sp³-hybridized carbons (Fsp3) is 0.305. The Labute approximate surface area is 401 Å². The van der Waals surface area contributed by atoms with Gasteiger partial charge in [0.15, 0.2) is 0 Å². The quantitative estimate of drug-likeness (QED) is 0.151. The Morgan fingerprint density at radius 2 is 1.08 bits per heavy atom. The van der Waals surface area contributed by atoms with E-state index in [9.17, 15) is 0 Å². The molecule has 0 radical (unpaired) electrons. The van der Waals surface area contributed by atoms with E-state index in [1.807, 2.05) is 0 Å². The summed E-state index contributed by atoms with van der Waals surface area (Å²) in [6.45, 7) is 18.5. The fourth-order valence-corrected chi connectivity index (χ4v) is 9.88. The van der Waals surface area contributed by atoms with E-state index in [1.165, 1.54) is 126 Å². The van der Waals surface area contributed by atoms with Gasteiger partial charge in [-0.1, -0.05) is 188 Å². The van der Waals surface area contributed by atoms with Gasteiger partial charge in [0.25, 0.3) is 0 Å². The van der Waals surface area contributed by atoms with Gasteiger partial charge >= 0.3 is 99.2 Å². The third kappa shape index (κ3) is 11.6. The molecule has 0 spiro atoms. The van der Waals surface area contributed by atoms with Crippen LogP contribution in [0.5, 0.6) is 0 Å². The van der Waals surface area contributed by atoms with Gasteiger partial charge in [-0.15, -0.1) is 28.8 Å². The van der Waals surface area contributed by atoms with Crippen molar-refractivity contribution in [2.24, 2.45) is 11.3 Å². The maximum absolute atomic E-state index is 3.88. The summed E-state index contributed by atoms with van der Waals surface area (Å²) in [5, 5.41) is 0. The topological polar surface area (TPSA) is 0 Å². The van der Waals surface area contributed by atoms with Gasteiger partial charge in [0, 0.05) is 0 Å². The van der Waals surface area contributed by atoms with Crippen LogP contribution in [0, 0.1) is 23.5 Å². The Morgan fingerprint density at radius 3 is 1.56 bits per heavy atom. The van der Waals surface area contributed by atoms with Crippen molar-refractivity contribution >= 4 is 3.21 Å². The summed E-state index contributed by atoms with van der Waals surface area (Å²) in [7, 11) is 0. The molecule has 1 unspecified atom stereocenters. The Kier molecular flexibility index (Phi) is 16.8. The van der Waals surface area contributed by atoms with Crippen molar-refractivity contribution < 1.29 is 49.0 Å². The Morgan fingerprint density at radius 1 is 0.597 bits per heavy atom. The van der Waals surface area contributed by atoms with E-state index in [1.54, 1.807) is 5.57 Å². The van der Waals surface area contributed by atoms with Gasteiger partial charge in [-0.25, -0.2) is 6.08 Å². The zero-order chi connectivity index (χ0) is 42.5. The molecule has 6 aromatic carbocycles. The molecule has 9 rings (SSSR count). The molecule has 1 fully saturated rings. The molecule has 0 bridgehead atoms. The van der Waals surface area contributed by atoms with Crippen LogP contribution in [0.3, 0.4) is 0 Å². The first-order valence-electron chi connectivity index (χ1n) is 22.1. The van der Waals surface area contributed by atoms with Crippen molar-refractivity contribution in [1.82, 2.24) is 0 Å². The number of benzene rings is 6. The molecule has 0 heterocycles. The summed E-state index contributed by atoms with van der Waals surface area (Å²) in [5.41, 5.74) is 18.2. The molecule has 62 heavy (non-hydrogen) atoms. The summed E-state index contributed by atoms with van der Waals surface area (Å²) in [6.07, 6.45) is 16.0. The predicted molar refractivity (Wildman–Crippen MR) is 254 cm³/mol. The van der Waals surface area contributed by atoms with Crippen molar-refractivity contribution in [2.45, 2.75) is 105 Å². The number of fused-ring (bicyclic) bond motifs is 3. The second-order valence-electron chi connectivity index (χ2n) is 19.4. The summed E-state index contributed by atoms with van der Waals surface area (Å²) in [4.78, 5) is 0. The van der Waals surface area contributed by atoms with Crippen molar-refractivity contribution in [3.05, 3.63) is 203 Å². The Bertz CT molecular complexity index is 2310. The average molecular weight is 933 g/mol. The van der Waals surface area contributed by atoms with E-state index < -0.39 is 0 Å². The summed E-state index contributed by atoms with van der Waals surface area (Å²) in [6, 6.07) is 53.9. The van der Waals surface area contributed by atoms with Crippen molar-refractivity contribution in [3.63, 3.8) is 0 Å². The first-order chi connectivity index (χ1) is 28.7. The van der Waals surface area contributed by atoms with Gasteiger partial charge in [-0.2, -0.15) is 11.6 Å². The minimum atomic E-state index is 0. The zero-order valence-corrected chi connectivity index (χ0v) is 42.0. The van der Waals surface area contributed by atoms with Crippen molar-refractivity contribution in [3.8, 4) is 33.4 Å². The third-order valence-corrected chi connectivity index (χ3v) is 14.0. The Balaban J connectivity index is 0.000000206. The molecule has 3 aliphatic carbocycles. The second-order valence-corrected chi connectivity index (χ2v) is 20.6. The van der Waals surface area contributed by atoms with Crippen LogP contribution in [0.15, 0.2) is 157 Å². The van der Waals surface area contributed by atoms with Gasteiger partial charge < -0.3 is 24.8 Å². The molecule has 318 valence electrons. The van der Waals surface area contributed by atoms with Gasteiger partial charge in [0.2, 0.25) is 0 Å². The number of halogens is 2. The van der Waals surface area contributed by atoms with Crippen LogP contribution in [0.2, 0.25) is 0 Å². The van der Waals surface area contributed by atoms with Gasteiger partial charge in [-0.05, 0) is 39.5 Å². The maximum atomic E-state index is 3.88. The average Bonchev–Trinajstić information content (AvgIpc) is 3.87. The summed E-state index contributed by atoms with van der Waals surface area (Å²) < 4.78 is 1.42. The van der Waals surface area contributed by atoms with E-state index in [0.717, 1.165) is 6.42 Å². The van der Waals surface area contributed by atoms with Gasteiger partial charge in [-0.3, -0.25) is 6.08 Å². The molecule has 0 N–H and O–H groups in total. The van der Waals surface area contributed by atoms with Crippen LogP contribution in [0.1, 0.15) is 121 Å². The van der Waals surface area contributed by atoms with E-state index in [2.05, 4.69) is 219 Å². The van der Waals surface area contributed by atoms with E-state index >= 15 is 0 Å². The minimum absolute atomic E-state index is 0. The van der Waals surface area contributed by atoms with Crippen LogP contribution >= 0.6 is 0 Å². The number of hydrogen-bond acceptors (Lipinski definition) is 0. The number of hydrogen-bond donors (Lipinski definition) is 0. The van der Waals surface area contributed by atoms with Gasteiger partial charge in [0.1, 0.15) is 0 Å². The number of rotatable bonds is 5. The van der Waals surface area contributed by atoms with E-state index in [0.29, 0.717) is 11.3 Å².